The van der Waals surface area contributed by atoms with Crippen LogP contribution in [0.5, 0.6) is 0 Å². The van der Waals surface area contributed by atoms with Crippen molar-refractivity contribution < 1.29 is 0 Å². The van der Waals surface area contributed by atoms with Crippen molar-refractivity contribution in [2.75, 3.05) is 0 Å². The van der Waals surface area contributed by atoms with Gasteiger partial charge in [-0.25, -0.2) is 0 Å². The molecule has 0 spiro atoms. The molecule has 1 aliphatic carbocycles. The topological polar surface area (TPSA) is 25.8 Å². The van der Waals surface area contributed by atoms with Crippen LogP contribution in [0.25, 0.3) is 17.0 Å². The highest BCUT2D eigenvalue weighted by Gasteiger charge is 2.24. The van der Waals surface area contributed by atoms with E-state index >= 15 is 0 Å². The fourth-order valence-electron chi connectivity index (χ4n) is 1.93. The van der Waals surface area contributed by atoms with E-state index in [0.29, 0.717) is 0 Å². The van der Waals surface area contributed by atoms with E-state index in [2.05, 4.69) is 22.3 Å². The molecule has 0 saturated carbocycles. The molecular weight excluding hydrogens is 184 g/mol. The summed E-state index contributed by atoms with van der Waals surface area (Å²) >= 11 is 0. The summed E-state index contributed by atoms with van der Waals surface area (Å²) in [6, 6.07) is 7.89. The first-order valence-corrected chi connectivity index (χ1v) is 4.73. The molecule has 0 fully saturated rings. The third-order valence-electron chi connectivity index (χ3n) is 2.56. The smallest absolute Gasteiger partial charge is 0.0977 e. The Bertz CT molecular complexity index is 545. The predicted molar refractivity (Wildman–Crippen MR) is 59.1 cm³/mol. The van der Waals surface area contributed by atoms with Gasteiger partial charge in [-0.3, -0.25) is 9.97 Å². The molecule has 0 radical (unpaired) electrons. The van der Waals surface area contributed by atoms with E-state index in [1.54, 1.807) is 12.4 Å². The Morgan fingerprint density at radius 2 is 1.47 bits per heavy atom. The summed E-state index contributed by atoms with van der Waals surface area (Å²) in [7, 11) is 0. The molecule has 2 aromatic rings. The van der Waals surface area contributed by atoms with Crippen molar-refractivity contribution >= 4 is 5.57 Å². The van der Waals surface area contributed by atoms with Crippen LogP contribution in [0.1, 0.15) is 11.1 Å². The van der Waals surface area contributed by atoms with E-state index in [0.717, 1.165) is 28.1 Å². The Kier molecular flexibility index (Phi) is 1.58. The van der Waals surface area contributed by atoms with Gasteiger partial charge in [0.1, 0.15) is 0 Å². The SMILES string of the molecule is C=C=C1c2cccnc2-c2ncccc21. The highest BCUT2D eigenvalue weighted by molar-refractivity contribution is 5.97. The summed E-state index contributed by atoms with van der Waals surface area (Å²) in [6.07, 6.45) is 3.56. The molecule has 0 aliphatic heterocycles. The molecule has 0 bridgehead atoms. The van der Waals surface area contributed by atoms with Crippen molar-refractivity contribution in [3.05, 3.63) is 60.1 Å². The van der Waals surface area contributed by atoms with Gasteiger partial charge in [0.05, 0.1) is 11.4 Å². The third-order valence-corrected chi connectivity index (χ3v) is 2.56. The maximum absolute atomic E-state index is 4.35. The van der Waals surface area contributed by atoms with Crippen LogP contribution in [-0.2, 0) is 0 Å². The van der Waals surface area contributed by atoms with Gasteiger partial charge in [-0.05, 0) is 24.3 Å². The number of hydrogen-bond acceptors (Lipinski definition) is 2. The predicted octanol–water partition coefficient (Wildman–Crippen LogP) is 2.67. The lowest BCUT2D eigenvalue weighted by Gasteiger charge is -1.95. The van der Waals surface area contributed by atoms with E-state index in [4.69, 9.17) is 0 Å². The molecule has 0 saturated heterocycles. The maximum Gasteiger partial charge on any atom is 0.0977 e. The van der Waals surface area contributed by atoms with Crippen molar-refractivity contribution in [1.82, 2.24) is 9.97 Å². The number of aromatic nitrogens is 2. The maximum atomic E-state index is 4.35. The number of fused-ring (bicyclic) bond motifs is 3. The Balaban J connectivity index is 2.47. The van der Waals surface area contributed by atoms with E-state index < -0.39 is 0 Å². The fourth-order valence-corrected chi connectivity index (χ4v) is 1.93. The normalized spacial score (nSPS) is 11.9. The van der Waals surface area contributed by atoms with Crippen LogP contribution in [0.4, 0.5) is 0 Å². The second kappa shape index (κ2) is 2.91. The van der Waals surface area contributed by atoms with Crippen molar-refractivity contribution in [2.45, 2.75) is 0 Å². The van der Waals surface area contributed by atoms with Gasteiger partial charge in [0.25, 0.3) is 0 Å². The Morgan fingerprint density at radius 1 is 0.933 bits per heavy atom. The number of pyridine rings is 2. The molecule has 0 unspecified atom stereocenters. The summed E-state index contributed by atoms with van der Waals surface area (Å²) < 4.78 is 0. The molecule has 0 amide bonds. The van der Waals surface area contributed by atoms with Crippen molar-refractivity contribution in [1.29, 1.82) is 0 Å². The summed E-state index contributed by atoms with van der Waals surface area (Å²) in [5.41, 5.74) is 7.96. The molecule has 0 aromatic carbocycles. The second-order valence-electron chi connectivity index (χ2n) is 3.35. The molecule has 70 valence electrons. The van der Waals surface area contributed by atoms with Gasteiger partial charge in [0.2, 0.25) is 0 Å². The summed E-state index contributed by atoms with van der Waals surface area (Å²) in [4.78, 5) is 8.70. The third kappa shape index (κ3) is 0.997. The molecule has 1 aliphatic rings. The van der Waals surface area contributed by atoms with E-state index in [9.17, 15) is 0 Å². The average molecular weight is 192 g/mol. The molecule has 0 N–H and O–H groups in total. The fraction of sp³-hybridized carbons (Fsp3) is 0. The van der Waals surface area contributed by atoms with Gasteiger partial charge < -0.3 is 0 Å². The van der Waals surface area contributed by atoms with Gasteiger partial charge in [-0.1, -0.05) is 6.58 Å². The van der Waals surface area contributed by atoms with Crippen molar-refractivity contribution in [3.8, 4) is 11.4 Å². The monoisotopic (exact) mass is 192 g/mol. The van der Waals surface area contributed by atoms with Crippen LogP contribution in [0, 0.1) is 0 Å². The van der Waals surface area contributed by atoms with Gasteiger partial charge in [0.15, 0.2) is 0 Å². The standard InChI is InChI=1S/C13H8N2/c1-2-9-10-5-3-7-14-12(10)13-11(9)6-4-8-15-13/h3-8H,1H2. The lowest BCUT2D eigenvalue weighted by Crippen LogP contribution is -1.84. The van der Waals surface area contributed by atoms with Gasteiger partial charge in [0, 0.05) is 29.1 Å². The zero-order valence-electron chi connectivity index (χ0n) is 8.07. The van der Waals surface area contributed by atoms with Gasteiger partial charge in [-0.2, -0.15) is 0 Å². The largest absolute Gasteiger partial charge is 0.254 e. The van der Waals surface area contributed by atoms with Gasteiger partial charge in [-0.15, -0.1) is 5.73 Å². The second-order valence-corrected chi connectivity index (χ2v) is 3.35. The van der Waals surface area contributed by atoms with E-state index in [1.807, 2.05) is 24.3 Å². The van der Waals surface area contributed by atoms with Gasteiger partial charge >= 0.3 is 0 Å². The molecule has 15 heavy (non-hydrogen) atoms. The van der Waals surface area contributed by atoms with Crippen LogP contribution in [0.3, 0.4) is 0 Å². The van der Waals surface area contributed by atoms with Crippen LogP contribution in [-0.4, -0.2) is 9.97 Å². The summed E-state index contributed by atoms with van der Waals surface area (Å²) in [5.74, 6) is 0. The average Bonchev–Trinajstić information content (AvgIpc) is 2.63. The first-order valence-electron chi connectivity index (χ1n) is 4.73. The zero-order valence-corrected chi connectivity index (χ0v) is 8.07. The minimum atomic E-state index is 0.930. The highest BCUT2D eigenvalue weighted by atomic mass is 14.8. The van der Waals surface area contributed by atoms with E-state index in [1.165, 1.54) is 0 Å². The number of nitrogens with zero attached hydrogens (tertiary/aromatic N) is 2. The zero-order chi connectivity index (χ0) is 10.3. The van der Waals surface area contributed by atoms with Crippen molar-refractivity contribution in [3.63, 3.8) is 0 Å². The lowest BCUT2D eigenvalue weighted by atomic mass is 10.1. The Labute approximate surface area is 87.6 Å². The summed E-state index contributed by atoms with van der Waals surface area (Å²) in [6.45, 7) is 3.72. The minimum absolute atomic E-state index is 0.930. The highest BCUT2D eigenvalue weighted by Crippen LogP contribution is 2.40. The molecule has 3 rings (SSSR count). The molecule has 2 nitrogen and oxygen atoms in total. The van der Waals surface area contributed by atoms with Crippen LogP contribution < -0.4 is 0 Å². The molecule has 0 atom stereocenters. The molecule has 2 heterocycles. The number of rotatable bonds is 0. The van der Waals surface area contributed by atoms with E-state index in [-0.39, 0.29) is 0 Å². The van der Waals surface area contributed by atoms with Crippen LogP contribution in [0.15, 0.2) is 49.0 Å². The lowest BCUT2D eigenvalue weighted by molar-refractivity contribution is 1.26. The van der Waals surface area contributed by atoms with Crippen LogP contribution >= 0.6 is 0 Å². The minimum Gasteiger partial charge on any atom is -0.254 e. The van der Waals surface area contributed by atoms with Crippen molar-refractivity contribution in [2.24, 2.45) is 0 Å². The first-order chi connectivity index (χ1) is 7.42. The summed E-state index contributed by atoms with van der Waals surface area (Å²) in [5, 5.41) is 0. The first kappa shape index (κ1) is 8.16. The molecule has 2 heteroatoms. The quantitative estimate of drug-likeness (QED) is 0.512. The number of hydrogen-bond donors (Lipinski definition) is 0. The molecular formula is C13H8N2. The Morgan fingerprint density at radius 3 is 1.93 bits per heavy atom. The van der Waals surface area contributed by atoms with Crippen LogP contribution in [0.2, 0.25) is 0 Å². The molecule has 2 aromatic heterocycles. The Hall–Kier alpha value is -2.18.